The molecular formula is C15H18FNOS. The van der Waals surface area contributed by atoms with Crippen LogP contribution in [-0.2, 0) is 0 Å². The molecule has 0 saturated heterocycles. The number of halogens is 1. The molecule has 0 bridgehead atoms. The van der Waals surface area contributed by atoms with Crippen molar-refractivity contribution in [2.75, 3.05) is 13.7 Å². The van der Waals surface area contributed by atoms with Crippen molar-refractivity contribution in [2.45, 2.75) is 19.9 Å². The van der Waals surface area contributed by atoms with E-state index >= 15 is 0 Å². The number of hydrogen-bond donors (Lipinski definition) is 1. The van der Waals surface area contributed by atoms with Gasteiger partial charge in [-0.1, -0.05) is 24.6 Å². The van der Waals surface area contributed by atoms with Gasteiger partial charge in [0.15, 0.2) is 0 Å². The molecule has 0 aliphatic carbocycles. The van der Waals surface area contributed by atoms with Gasteiger partial charge in [-0.05, 0) is 31.0 Å². The molecule has 2 rings (SSSR count). The van der Waals surface area contributed by atoms with Gasteiger partial charge in [-0.15, -0.1) is 11.3 Å². The highest BCUT2D eigenvalue weighted by Gasteiger charge is 2.21. The Kier molecular flexibility index (Phi) is 4.56. The fourth-order valence-electron chi connectivity index (χ4n) is 2.12. The first-order valence-electron chi connectivity index (χ1n) is 6.28. The Balaban J connectivity index is 2.48. The largest absolute Gasteiger partial charge is 0.496 e. The molecule has 2 nitrogen and oxygen atoms in total. The summed E-state index contributed by atoms with van der Waals surface area (Å²) in [5.74, 6) is 0.615. The van der Waals surface area contributed by atoms with Crippen molar-refractivity contribution in [3.8, 4) is 5.75 Å². The van der Waals surface area contributed by atoms with Crippen LogP contribution in [0.25, 0.3) is 0 Å². The zero-order valence-electron chi connectivity index (χ0n) is 11.4. The summed E-state index contributed by atoms with van der Waals surface area (Å²) in [6, 6.07) is 6.95. The number of aryl methyl sites for hydroxylation is 1. The zero-order chi connectivity index (χ0) is 13.8. The van der Waals surface area contributed by atoms with Crippen LogP contribution in [0, 0.1) is 12.7 Å². The predicted octanol–water partition coefficient (Wildman–Crippen LogP) is 3.90. The molecule has 1 heterocycles. The lowest BCUT2D eigenvalue weighted by molar-refractivity contribution is 0.407. The lowest BCUT2D eigenvalue weighted by Crippen LogP contribution is -2.22. The van der Waals surface area contributed by atoms with E-state index in [1.807, 2.05) is 31.4 Å². The Bertz CT molecular complexity index is 553. The fourth-order valence-corrected chi connectivity index (χ4v) is 3.07. The quantitative estimate of drug-likeness (QED) is 0.896. The summed E-state index contributed by atoms with van der Waals surface area (Å²) in [6.45, 7) is 4.75. The Hall–Kier alpha value is -1.39. The molecule has 2 aromatic rings. The van der Waals surface area contributed by atoms with Crippen LogP contribution in [0.15, 0.2) is 29.6 Å². The van der Waals surface area contributed by atoms with E-state index in [1.54, 1.807) is 24.5 Å². The number of nitrogens with one attached hydrogen (secondary N) is 1. The second kappa shape index (κ2) is 6.17. The van der Waals surface area contributed by atoms with Crippen LogP contribution in [0.3, 0.4) is 0 Å². The van der Waals surface area contributed by atoms with Crippen LogP contribution in [0.2, 0.25) is 0 Å². The molecule has 0 fully saturated rings. The van der Waals surface area contributed by atoms with E-state index in [1.165, 1.54) is 6.07 Å². The lowest BCUT2D eigenvalue weighted by Gasteiger charge is -2.19. The van der Waals surface area contributed by atoms with Gasteiger partial charge < -0.3 is 10.1 Å². The van der Waals surface area contributed by atoms with E-state index in [-0.39, 0.29) is 11.9 Å². The highest BCUT2D eigenvalue weighted by molar-refractivity contribution is 7.10. The van der Waals surface area contributed by atoms with Gasteiger partial charge in [-0.2, -0.15) is 0 Å². The van der Waals surface area contributed by atoms with E-state index in [9.17, 15) is 4.39 Å². The predicted molar refractivity (Wildman–Crippen MR) is 77.5 cm³/mol. The van der Waals surface area contributed by atoms with E-state index in [0.717, 1.165) is 22.7 Å². The summed E-state index contributed by atoms with van der Waals surface area (Å²) in [5.41, 5.74) is 1.72. The first-order valence-corrected chi connectivity index (χ1v) is 7.16. The Morgan fingerprint density at radius 3 is 2.84 bits per heavy atom. The van der Waals surface area contributed by atoms with Crippen LogP contribution < -0.4 is 10.1 Å². The first kappa shape index (κ1) is 14.0. The number of benzene rings is 1. The van der Waals surface area contributed by atoms with Crippen LogP contribution in [-0.4, -0.2) is 13.7 Å². The highest BCUT2D eigenvalue weighted by Crippen LogP contribution is 2.35. The van der Waals surface area contributed by atoms with Gasteiger partial charge in [0.2, 0.25) is 0 Å². The molecule has 0 amide bonds. The SMILES string of the molecule is CCNC(c1cc(C)ccc1F)c1sccc1OC. The molecule has 0 radical (unpaired) electrons. The number of thiophene rings is 1. The van der Waals surface area contributed by atoms with Crippen LogP contribution >= 0.6 is 11.3 Å². The van der Waals surface area contributed by atoms with Crippen molar-refractivity contribution in [2.24, 2.45) is 0 Å². The summed E-state index contributed by atoms with van der Waals surface area (Å²) in [7, 11) is 1.64. The van der Waals surface area contributed by atoms with Gasteiger partial charge in [0, 0.05) is 5.56 Å². The third-order valence-corrected chi connectivity index (χ3v) is 3.97. The van der Waals surface area contributed by atoms with Crippen LogP contribution in [0.5, 0.6) is 5.75 Å². The summed E-state index contributed by atoms with van der Waals surface area (Å²) in [4.78, 5) is 1.01. The average molecular weight is 279 g/mol. The number of ether oxygens (including phenoxy) is 1. The maximum Gasteiger partial charge on any atom is 0.134 e. The molecule has 102 valence electrons. The Morgan fingerprint density at radius 1 is 1.37 bits per heavy atom. The second-order valence-corrected chi connectivity index (χ2v) is 5.32. The Morgan fingerprint density at radius 2 is 2.16 bits per heavy atom. The highest BCUT2D eigenvalue weighted by atomic mass is 32.1. The molecule has 1 atom stereocenters. The van der Waals surface area contributed by atoms with Crippen molar-refractivity contribution in [3.05, 3.63) is 51.5 Å². The summed E-state index contributed by atoms with van der Waals surface area (Å²) >= 11 is 1.58. The van der Waals surface area contributed by atoms with Gasteiger partial charge >= 0.3 is 0 Å². The number of rotatable bonds is 5. The number of hydrogen-bond acceptors (Lipinski definition) is 3. The minimum absolute atomic E-state index is 0.167. The minimum Gasteiger partial charge on any atom is -0.496 e. The molecule has 0 spiro atoms. The summed E-state index contributed by atoms with van der Waals surface area (Å²) < 4.78 is 19.4. The van der Waals surface area contributed by atoms with E-state index in [0.29, 0.717) is 5.56 Å². The molecule has 4 heteroatoms. The molecule has 1 aromatic heterocycles. The van der Waals surface area contributed by atoms with E-state index in [2.05, 4.69) is 5.32 Å². The molecule has 0 aliphatic heterocycles. The molecule has 1 N–H and O–H groups in total. The topological polar surface area (TPSA) is 21.3 Å². The third-order valence-electron chi connectivity index (χ3n) is 3.01. The lowest BCUT2D eigenvalue weighted by atomic mass is 10.0. The standard InChI is InChI=1S/C15H18FNOS/c1-4-17-14(15-13(18-3)7-8-19-15)11-9-10(2)5-6-12(11)16/h5-9,14,17H,4H2,1-3H3. The normalized spacial score (nSPS) is 12.4. The fraction of sp³-hybridized carbons (Fsp3) is 0.333. The maximum absolute atomic E-state index is 14.1. The average Bonchev–Trinajstić information content (AvgIpc) is 2.87. The summed E-state index contributed by atoms with van der Waals surface area (Å²) in [5, 5.41) is 5.30. The van der Waals surface area contributed by atoms with Gasteiger partial charge in [0.1, 0.15) is 11.6 Å². The second-order valence-electron chi connectivity index (χ2n) is 4.37. The molecule has 1 unspecified atom stereocenters. The van der Waals surface area contributed by atoms with E-state index < -0.39 is 0 Å². The van der Waals surface area contributed by atoms with Gasteiger partial charge in [0.05, 0.1) is 18.0 Å². The van der Waals surface area contributed by atoms with Gasteiger partial charge in [0.25, 0.3) is 0 Å². The molecule has 1 aromatic carbocycles. The van der Waals surface area contributed by atoms with Crippen molar-refractivity contribution < 1.29 is 9.13 Å². The van der Waals surface area contributed by atoms with Crippen LogP contribution in [0.4, 0.5) is 4.39 Å². The van der Waals surface area contributed by atoms with Crippen molar-refractivity contribution in [3.63, 3.8) is 0 Å². The van der Waals surface area contributed by atoms with E-state index in [4.69, 9.17) is 4.74 Å². The smallest absolute Gasteiger partial charge is 0.134 e. The first-order chi connectivity index (χ1) is 9.17. The van der Waals surface area contributed by atoms with Crippen LogP contribution in [0.1, 0.15) is 29.0 Å². The Labute approximate surface area is 117 Å². The molecule has 0 aliphatic rings. The molecular weight excluding hydrogens is 261 g/mol. The summed E-state index contributed by atoms with van der Waals surface area (Å²) in [6.07, 6.45) is 0. The van der Waals surface area contributed by atoms with Crippen molar-refractivity contribution in [1.29, 1.82) is 0 Å². The molecule has 19 heavy (non-hydrogen) atoms. The number of methoxy groups -OCH3 is 1. The van der Waals surface area contributed by atoms with Crippen molar-refractivity contribution in [1.82, 2.24) is 5.32 Å². The van der Waals surface area contributed by atoms with Gasteiger partial charge in [-0.25, -0.2) is 4.39 Å². The monoisotopic (exact) mass is 279 g/mol. The minimum atomic E-state index is -0.188. The van der Waals surface area contributed by atoms with Gasteiger partial charge in [-0.3, -0.25) is 0 Å². The van der Waals surface area contributed by atoms with Crippen molar-refractivity contribution >= 4 is 11.3 Å². The zero-order valence-corrected chi connectivity index (χ0v) is 12.2. The molecule has 0 saturated carbocycles. The maximum atomic E-state index is 14.1. The third kappa shape index (κ3) is 2.96.